The lowest BCUT2D eigenvalue weighted by molar-refractivity contribution is 0.369. The highest BCUT2D eigenvalue weighted by Crippen LogP contribution is 2.26. The quantitative estimate of drug-likeness (QED) is 0.0522. The molecular weight excluding hydrogens is 508 g/mol. The molecule has 1 atom stereocenters. The maximum Gasteiger partial charge on any atom is 0.240 e. The van der Waals surface area contributed by atoms with Gasteiger partial charge in [0.15, 0.2) is 12.4 Å². The second-order valence-corrected chi connectivity index (χ2v) is 13.9. The van der Waals surface area contributed by atoms with E-state index in [-0.39, 0.29) is 0 Å². The predicted octanol–water partition coefficient (Wildman–Crippen LogP) is 14.6. The lowest BCUT2D eigenvalue weighted by Gasteiger charge is -2.17. The molecule has 2 nitrogen and oxygen atoms in total. The Morgan fingerprint density at radius 3 is 0.929 bits per heavy atom. The van der Waals surface area contributed by atoms with Crippen LogP contribution in [0.5, 0.6) is 0 Å². The molecule has 0 fully saturated rings. The molecule has 1 unspecified atom stereocenters. The van der Waals surface area contributed by atoms with Gasteiger partial charge in [-0.25, -0.2) is 0 Å². The van der Waals surface area contributed by atoms with Crippen molar-refractivity contribution in [3.05, 3.63) is 6.17 Å². The smallest absolute Gasteiger partial charge is 0.0968 e. The second-order valence-electron chi connectivity index (χ2n) is 13.9. The lowest BCUT2D eigenvalue weighted by Crippen LogP contribution is -2.02. The van der Waals surface area contributed by atoms with Crippen LogP contribution in [0.4, 0.5) is 0 Å². The molecule has 1 rings (SSSR count). The molecule has 0 saturated heterocycles. The topological polar surface area (TPSA) is 24.7 Å². The molecule has 0 aliphatic carbocycles. The predicted molar refractivity (Wildman–Crippen MR) is 192 cm³/mol. The zero-order valence-electron chi connectivity index (χ0n) is 29.2. The van der Waals surface area contributed by atoms with Crippen LogP contribution in [-0.4, -0.2) is 12.4 Å². The Hall–Kier alpha value is -0.790. The highest BCUT2D eigenvalue weighted by molar-refractivity contribution is 6.18. The summed E-state index contributed by atoms with van der Waals surface area (Å²) in [6, 6.07) is 0. The Balaban J connectivity index is 1.99. The van der Waals surface area contributed by atoms with E-state index in [4.69, 9.17) is 0 Å². The maximum atomic E-state index is 4.39. The molecule has 1 aliphatic heterocycles. The second kappa shape index (κ2) is 33.1. The average molecular weight is 586 g/mol. The molecule has 0 bridgehead atoms. The van der Waals surface area contributed by atoms with E-state index >= 15 is 0 Å². The average Bonchev–Trinajstić information content (AvgIpc) is 3.52. The van der Waals surface area contributed by atoms with Crippen molar-refractivity contribution in [2.24, 2.45) is 15.9 Å². The van der Waals surface area contributed by atoms with Crippen molar-refractivity contribution in [2.75, 3.05) is 0 Å². The molecule has 1 heterocycles. The van der Waals surface area contributed by atoms with Gasteiger partial charge in [-0.1, -0.05) is 223 Å². The van der Waals surface area contributed by atoms with Crippen LogP contribution < -0.4 is 0 Å². The fraction of sp³-hybridized carbons (Fsp3) is 0.925. The van der Waals surface area contributed by atoms with E-state index in [0.29, 0.717) is 0 Å². The third-order valence-electron chi connectivity index (χ3n) is 9.71. The minimum Gasteiger partial charge on any atom is -0.0968 e. The van der Waals surface area contributed by atoms with Gasteiger partial charge in [0.05, 0.1) is 6.42 Å². The van der Waals surface area contributed by atoms with E-state index in [1.54, 1.807) is 0 Å². The molecular formula is C40H77N2+. The monoisotopic (exact) mass is 586 g/mol. The van der Waals surface area contributed by atoms with Crippen LogP contribution >= 0.6 is 0 Å². The zero-order valence-corrected chi connectivity index (χ0v) is 29.2. The van der Waals surface area contributed by atoms with Crippen LogP contribution in [0.15, 0.2) is 9.98 Å². The Bertz CT molecular complexity index is 556. The summed E-state index contributed by atoms with van der Waals surface area (Å²) in [6.45, 7) is 4.62. The number of aliphatic imine (C=N–C) groups is 2. The van der Waals surface area contributed by atoms with Crippen molar-refractivity contribution in [1.29, 1.82) is 0 Å². The van der Waals surface area contributed by atoms with Crippen LogP contribution in [0.1, 0.15) is 232 Å². The van der Waals surface area contributed by atoms with E-state index in [1.165, 1.54) is 212 Å². The van der Waals surface area contributed by atoms with Gasteiger partial charge in [-0.05, 0) is 18.8 Å². The number of hydrogen-bond donors (Lipinski definition) is 0. The first-order valence-corrected chi connectivity index (χ1v) is 19.8. The number of hydrogen-bond acceptors (Lipinski definition) is 2. The van der Waals surface area contributed by atoms with Crippen LogP contribution in [0.25, 0.3) is 0 Å². The summed E-state index contributed by atoms with van der Waals surface area (Å²) in [6.07, 6.45) is 53.7. The highest BCUT2D eigenvalue weighted by Gasteiger charge is 2.17. The van der Waals surface area contributed by atoms with Gasteiger partial charge in [0.25, 0.3) is 0 Å². The van der Waals surface area contributed by atoms with Crippen molar-refractivity contribution >= 4 is 12.4 Å². The van der Waals surface area contributed by atoms with Gasteiger partial charge in [-0.15, -0.1) is 0 Å². The molecule has 0 spiro atoms. The van der Waals surface area contributed by atoms with Crippen LogP contribution in [0.2, 0.25) is 0 Å². The molecule has 0 aromatic carbocycles. The zero-order chi connectivity index (χ0) is 30.0. The van der Waals surface area contributed by atoms with Gasteiger partial charge in [-0.2, -0.15) is 0 Å². The van der Waals surface area contributed by atoms with Crippen LogP contribution in [-0.2, 0) is 0 Å². The van der Waals surface area contributed by atoms with Crippen molar-refractivity contribution in [2.45, 2.75) is 232 Å². The molecule has 246 valence electrons. The number of unbranched alkanes of at least 4 members (excludes halogenated alkanes) is 27. The van der Waals surface area contributed by atoms with E-state index in [2.05, 4.69) is 23.8 Å². The van der Waals surface area contributed by atoms with Gasteiger partial charge < -0.3 is 0 Å². The van der Waals surface area contributed by atoms with Gasteiger partial charge in [0.2, 0.25) is 6.17 Å². The van der Waals surface area contributed by atoms with Crippen LogP contribution in [0.3, 0.4) is 0 Å². The largest absolute Gasteiger partial charge is 0.240 e. The number of rotatable bonds is 35. The minimum atomic E-state index is 0.930. The van der Waals surface area contributed by atoms with Gasteiger partial charge in [-0.3, -0.25) is 0 Å². The summed E-state index contributed by atoms with van der Waals surface area (Å²) < 4.78 is 0. The summed E-state index contributed by atoms with van der Waals surface area (Å²) in [7, 11) is 0. The maximum absolute atomic E-state index is 4.39. The Labute approximate surface area is 266 Å². The Morgan fingerprint density at radius 2 is 0.619 bits per heavy atom. The van der Waals surface area contributed by atoms with Crippen molar-refractivity contribution < 1.29 is 0 Å². The standard InChI is InChI=1S/C40H77N2/c1-3-5-7-9-11-13-15-17-19-21-23-25-27-29-31-34-39(35-32-36-40-41-37-38-42-40)33-30-28-26-24-22-20-18-16-14-12-10-8-6-4-2/h37-39H,3-36H2,1-2H3/q+1. The molecule has 0 radical (unpaired) electrons. The molecule has 1 aliphatic rings. The first kappa shape index (κ1) is 39.2. The summed E-state index contributed by atoms with van der Waals surface area (Å²) in [5.41, 5.74) is 0. The molecule has 0 N–H and O–H groups in total. The van der Waals surface area contributed by atoms with Crippen molar-refractivity contribution in [1.82, 2.24) is 0 Å². The Morgan fingerprint density at radius 1 is 0.357 bits per heavy atom. The highest BCUT2D eigenvalue weighted by atomic mass is 15.0. The summed E-state index contributed by atoms with van der Waals surface area (Å²) in [4.78, 5) is 8.78. The van der Waals surface area contributed by atoms with Gasteiger partial charge >= 0.3 is 0 Å². The molecule has 2 heteroatoms. The molecule has 0 amide bonds. The molecule has 42 heavy (non-hydrogen) atoms. The molecule has 0 saturated carbocycles. The minimum absolute atomic E-state index is 0.930. The number of nitrogens with zero attached hydrogens (tertiary/aromatic N) is 2. The summed E-state index contributed by atoms with van der Waals surface area (Å²) in [5, 5.41) is 0. The lowest BCUT2D eigenvalue weighted by atomic mass is 9.89. The molecule has 0 aromatic heterocycles. The SMILES string of the molecule is CCCCCCCCCCCCCCCCCC(CCCCCCCCCCCCCCCC)CCC[C+]1N=CC=N1. The van der Waals surface area contributed by atoms with Gasteiger partial charge in [0.1, 0.15) is 0 Å². The van der Waals surface area contributed by atoms with E-state index in [0.717, 1.165) is 18.5 Å². The van der Waals surface area contributed by atoms with E-state index in [1.807, 2.05) is 12.4 Å². The molecule has 0 aromatic rings. The van der Waals surface area contributed by atoms with Crippen molar-refractivity contribution in [3.8, 4) is 0 Å². The summed E-state index contributed by atoms with van der Waals surface area (Å²) >= 11 is 0. The van der Waals surface area contributed by atoms with E-state index in [9.17, 15) is 0 Å². The van der Waals surface area contributed by atoms with Gasteiger partial charge in [0, 0.05) is 0 Å². The van der Waals surface area contributed by atoms with Crippen molar-refractivity contribution in [3.63, 3.8) is 0 Å². The first-order valence-electron chi connectivity index (χ1n) is 19.8. The summed E-state index contributed by atoms with van der Waals surface area (Å²) in [5.74, 6) is 0.930. The van der Waals surface area contributed by atoms with E-state index < -0.39 is 0 Å². The third kappa shape index (κ3) is 28.0. The third-order valence-corrected chi connectivity index (χ3v) is 9.71. The fourth-order valence-electron chi connectivity index (χ4n) is 6.81. The van der Waals surface area contributed by atoms with Crippen LogP contribution in [0, 0.1) is 12.1 Å². The Kier molecular flexibility index (Phi) is 30.9. The normalized spacial score (nSPS) is 13.5. The fourth-order valence-corrected chi connectivity index (χ4v) is 6.81. The first-order chi connectivity index (χ1) is 20.9.